The number of aromatic hydroxyl groups is 1. The number of likely N-dealkylation sites (N-methyl/N-ethyl adjacent to an activating group) is 1. The van der Waals surface area contributed by atoms with Crippen molar-refractivity contribution in [2.45, 2.75) is 64.3 Å². The highest BCUT2D eigenvalue weighted by Crippen LogP contribution is 2.51. The molecule has 3 aliphatic carbocycles. The van der Waals surface area contributed by atoms with Crippen LogP contribution in [0.3, 0.4) is 0 Å². The molecular formula is C29H38FN3O7. The zero-order chi connectivity index (χ0) is 30.2. The molecule has 0 saturated heterocycles. The molecule has 218 valence electrons. The van der Waals surface area contributed by atoms with Gasteiger partial charge < -0.3 is 15.9 Å². The van der Waals surface area contributed by atoms with E-state index in [9.17, 15) is 34.2 Å². The zero-order valence-corrected chi connectivity index (χ0v) is 23.9. The van der Waals surface area contributed by atoms with Gasteiger partial charge in [-0.25, -0.2) is 4.39 Å². The van der Waals surface area contributed by atoms with E-state index in [1.807, 2.05) is 39.6 Å². The Hall–Kier alpha value is -3.02. The second kappa shape index (κ2) is 9.81. The highest BCUT2D eigenvalue weighted by atomic mass is 19.1. The van der Waals surface area contributed by atoms with Crippen molar-refractivity contribution in [1.82, 2.24) is 9.80 Å². The lowest BCUT2D eigenvalue weighted by Crippen LogP contribution is -2.74. The molecule has 4 rings (SSSR count). The number of phenolic OH excluding ortho intramolecular Hbond substituents is 1. The second-order valence-corrected chi connectivity index (χ2v) is 12.7. The Kier molecular flexibility index (Phi) is 7.35. The van der Waals surface area contributed by atoms with Gasteiger partial charge in [-0.1, -0.05) is 13.8 Å². The lowest BCUT2D eigenvalue weighted by Gasteiger charge is -2.52. The van der Waals surface area contributed by atoms with E-state index in [-0.39, 0.29) is 47.5 Å². The fraction of sp³-hybridized carbons (Fsp3) is 0.621. The minimum absolute atomic E-state index is 0.0277. The summed E-state index contributed by atoms with van der Waals surface area (Å²) in [6.07, 6.45) is -0.245. The van der Waals surface area contributed by atoms with Crippen LogP contribution in [0.5, 0.6) is 5.75 Å². The van der Waals surface area contributed by atoms with E-state index >= 15 is 4.39 Å². The molecule has 2 fully saturated rings. The van der Waals surface area contributed by atoms with E-state index in [0.717, 1.165) is 0 Å². The number of rotatable bonds is 6. The minimum atomic E-state index is -2.81. The summed E-state index contributed by atoms with van der Waals surface area (Å²) in [5.41, 5.74) is 2.02. The number of hydrogen-bond acceptors (Lipinski definition) is 9. The number of benzene rings is 1. The predicted molar refractivity (Wildman–Crippen MR) is 142 cm³/mol. The largest absolute Gasteiger partial charge is 0.507 e. The molecule has 0 aliphatic heterocycles. The number of nitrogens with two attached hydrogens (primary N) is 1. The van der Waals surface area contributed by atoms with Crippen molar-refractivity contribution in [3.05, 3.63) is 28.6 Å². The summed E-state index contributed by atoms with van der Waals surface area (Å²) in [5, 5.41) is 22.5. The van der Waals surface area contributed by atoms with Crippen LogP contribution in [0.25, 0.3) is 0 Å². The number of ketones is 4. The number of phenols is 1. The molecule has 0 bridgehead atoms. The Labute approximate surface area is 232 Å². The summed E-state index contributed by atoms with van der Waals surface area (Å²) < 4.78 is 16.0. The summed E-state index contributed by atoms with van der Waals surface area (Å²) in [5.74, 6) is -12.1. The third-order valence-corrected chi connectivity index (χ3v) is 9.87. The van der Waals surface area contributed by atoms with Gasteiger partial charge in [0, 0.05) is 29.1 Å². The number of carbonyl (C=O) groups is 5. The predicted octanol–water partition coefficient (Wildman–Crippen LogP) is 0.873. The minimum Gasteiger partial charge on any atom is -0.507 e. The molecule has 3 aliphatic rings. The maximum Gasteiger partial charge on any atom is 0.235 e. The highest BCUT2D eigenvalue weighted by Gasteiger charge is 2.69. The Bertz CT molecular complexity index is 1320. The summed E-state index contributed by atoms with van der Waals surface area (Å²) in [7, 11) is 4.86. The van der Waals surface area contributed by atoms with E-state index in [4.69, 9.17) is 5.73 Å². The quantitative estimate of drug-likeness (QED) is 0.430. The van der Waals surface area contributed by atoms with E-state index in [2.05, 4.69) is 0 Å². The van der Waals surface area contributed by atoms with E-state index in [0.29, 0.717) is 0 Å². The van der Waals surface area contributed by atoms with Gasteiger partial charge in [-0.2, -0.15) is 0 Å². The van der Waals surface area contributed by atoms with Crippen molar-refractivity contribution in [1.29, 1.82) is 0 Å². The molecule has 10 nitrogen and oxygen atoms in total. The normalized spacial score (nSPS) is 30.6. The Morgan fingerprint density at radius 1 is 1.18 bits per heavy atom. The molecule has 0 heterocycles. The molecule has 11 heteroatoms. The van der Waals surface area contributed by atoms with Gasteiger partial charge in [0.15, 0.2) is 34.7 Å². The number of primary amides is 1. The van der Waals surface area contributed by atoms with Gasteiger partial charge in [0.05, 0.1) is 17.5 Å². The van der Waals surface area contributed by atoms with Crippen molar-refractivity contribution < 1.29 is 38.6 Å². The van der Waals surface area contributed by atoms with Crippen molar-refractivity contribution >= 4 is 29.0 Å². The fourth-order valence-corrected chi connectivity index (χ4v) is 6.72. The van der Waals surface area contributed by atoms with Crippen LogP contribution in [0.1, 0.15) is 55.6 Å². The average molecular weight is 560 g/mol. The molecule has 0 spiro atoms. The molecule has 1 amide bonds. The number of halogens is 1. The van der Waals surface area contributed by atoms with Gasteiger partial charge in [-0.15, -0.1) is 0 Å². The van der Waals surface area contributed by atoms with Crippen LogP contribution in [-0.2, 0) is 32.1 Å². The van der Waals surface area contributed by atoms with E-state index < -0.39 is 75.9 Å². The van der Waals surface area contributed by atoms with E-state index in [1.165, 1.54) is 25.1 Å². The first-order valence-corrected chi connectivity index (χ1v) is 13.5. The monoisotopic (exact) mass is 559 g/mol. The van der Waals surface area contributed by atoms with Crippen LogP contribution in [0.2, 0.25) is 0 Å². The SMILES string of the molecule is CC(C)C(C)(C)N(C)Cc1cc(O)c2c(c1F)C[C@H]1C[C@H]3[C@H](N(C)C)C(=O)C(C(N)=O)C(=O)[C@@]3(O)C(=O)C1C2=O. The van der Waals surface area contributed by atoms with Crippen LogP contribution < -0.4 is 5.73 Å². The second-order valence-electron chi connectivity index (χ2n) is 12.7. The number of hydrogen-bond donors (Lipinski definition) is 3. The number of fused-ring (bicyclic) bond motifs is 3. The Morgan fingerprint density at radius 2 is 1.77 bits per heavy atom. The van der Waals surface area contributed by atoms with Gasteiger partial charge in [-0.3, -0.25) is 33.8 Å². The van der Waals surface area contributed by atoms with Gasteiger partial charge >= 0.3 is 0 Å². The Balaban J connectivity index is 1.80. The number of Topliss-reactive ketones (excluding diaryl/α,β-unsaturated/α-hetero) is 4. The molecule has 4 N–H and O–H groups in total. The van der Waals surface area contributed by atoms with Gasteiger partial charge in [0.25, 0.3) is 0 Å². The number of nitrogens with zero attached hydrogens (tertiary/aromatic N) is 2. The van der Waals surface area contributed by atoms with Gasteiger partial charge in [-0.05, 0) is 65.7 Å². The standard InChI is InChI=1S/C29H38FN3O7/c1-12(2)28(3,4)33(7)11-14-10-17(34)19-15(21(14)30)8-13-9-16-22(32(5)6)24(36)20(27(31)39)26(38)29(16,40)25(37)18(13)23(19)35/h10,12-13,16,18,20,22,34,40H,8-9,11H2,1-7H3,(H2,31,39)/t13-,16-,18?,20?,22-,29-/m0/s1. The molecule has 0 aromatic heterocycles. The summed E-state index contributed by atoms with van der Waals surface area (Å²) in [6, 6.07) is -0.0298. The van der Waals surface area contributed by atoms with Crippen molar-refractivity contribution in [2.24, 2.45) is 35.3 Å². The number of aliphatic hydroxyl groups is 1. The van der Waals surface area contributed by atoms with Crippen LogP contribution in [0.15, 0.2) is 6.07 Å². The van der Waals surface area contributed by atoms with Crippen LogP contribution in [0.4, 0.5) is 4.39 Å². The third kappa shape index (κ3) is 4.12. The fourth-order valence-electron chi connectivity index (χ4n) is 6.72. The first kappa shape index (κ1) is 30.0. The lowest BCUT2D eigenvalue weighted by molar-refractivity contribution is -0.181. The van der Waals surface area contributed by atoms with Crippen LogP contribution >= 0.6 is 0 Å². The molecule has 6 atom stereocenters. The molecule has 2 unspecified atom stereocenters. The van der Waals surface area contributed by atoms with Gasteiger partial charge in [0.2, 0.25) is 5.91 Å². The summed E-state index contributed by atoms with van der Waals surface area (Å²) in [4.78, 5) is 69.4. The first-order valence-electron chi connectivity index (χ1n) is 13.5. The van der Waals surface area contributed by atoms with Crippen LogP contribution in [0, 0.1) is 35.4 Å². The number of carbonyl (C=O) groups excluding carboxylic acids is 5. The topological polar surface area (TPSA) is 158 Å². The molecule has 1 aromatic rings. The molecule has 1 aromatic carbocycles. The summed E-state index contributed by atoms with van der Waals surface area (Å²) in [6.45, 7) is 8.29. The van der Waals surface area contributed by atoms with Crippen molar-refractivity contribution in [2.75, 3.05) is 21.1 Å². The number of amides is 1. The average Bonchev–Trinajstić information content (AvgIpc) is 2.83. The molecule has 0 radical (unpaired) electrons. The maximum absolute atomic E-state index is 16.0. The molecular weight excluding hydrogens is 521 g/mol. The summed E-state index contributed by atoms with van der Waals surface area (Å²) >= 11 is 0. The third-order valence-electron chi connectivity index (χ3n) is 9.87. The highest BCUT2D eigenvalue weighted by molar-refractivity contribution is 6.32. The van der Waals surface area contributed by atoms with Gasteiger partial charge in [0.1, 0.15) is 11.6 Å². The van der Waals surface area contributed by atoms with Crippen LogP contribution in [-0.4, -0.2) is 87.4 Å². The van der Waals surface area contributed by atoms with Crippen molar-refractivity contribution in [3.8, 4) is 5.75 Å². The zero-order valence-electron chi connectivity index (χ0n) is 23.9. The first-order chi connectivity index (χ1) is 18.4. The Morgan fingerprint density at radius 3 is 2.30 bits per heavy atom. The molecule has 40 heavy (non-hydrogen) atoms. The van der Waals surface area contributed by atoms with E-state index in [1.54, 1.807) is 0 Å². The van der Waals surface area contributed by atoms with Crippen molar-refractivity contribution in [3.63, 3.8) is 0 Å². The molecule has 2 saturated carbocycles. The smallest absolute Gasteiger partial charge is 0.235 e. The maximum atomic E-state index is 16.0. The lowest BCUT2D eigenvalue weighted by atomic mass is 9.52.